The average Bonchev–Trinajstić information content (AvgIpc) is 3.36. The first kappa shape index (κ1) is 63.0. The Kier molecular flexibility index (Phi) is 37.3. The molecule has 0 saturated carbocycles. The summed E-state index contributed by atoms with van der Waals surface area (Å²) in [5, 5.41) is 86.7. The van der Waals surface area contributed by atoms with E-state index in [1.165, 1.54) is 32.1 Å². The molecule has 14 nitrogen and oxygen atoms in total. The van der Waals surface area contributed by atoms with Gasteiger partial charge < -0.3 is 65.1 Å². The molecule has 0 spiro atoms. The van der Waals surface area contributed by atoms with Crippen molar-refractivity contribution >= 4 is 5.91 Å². The van der Waals surface area contributed by atoms with Crippen molar-refractivity contribution in [3.05, 3.63) is 97.2 Å². The van der Waals surface area contributed by atoms with Crippen LogP contribution in [0.3, 0.4) is 0 Å². The van der Waals surface area contributed by atoms with Crippen molar-refractivity contribution in [1.29, 1.82) is 0 Å². The van der Waals surface area contributed by atoms with Crippen molar-refractivity contribution in [3.63, 3.8) is 0 Å². The number of ether oxygens (including phenoxy) is 4. The Labute approximate surface area is 420 Å². The van der Waals surface area contributed by atoms with Crippen LogP contribution in [0.25, 0.3) is 0 Å². The largest absolute Gasteiger partial charge is 0.394 e. The van der Waals surface area contributed by atoms with E-state index in [-0.39, 0.29) is 18.9 Å². The molecule has 12 unspecified atom stereocenters. The predicted molar refractivity (Wildman–Crippen MR) is 276 cm³/mol. The third-order valence-electron chi connectivity index (χ3n) is 12.3. The topological polar surface area (TPSA) is 228 Å². The number of unbranched alkanes of at least 4 members (excludes halogenated alkanes) is 12. The van der Waals surface area contributed by atoms with Gasteiger partial charge in [-0.3, -0.25) is 4.79 Å². The lowest BCUT2D eigenvalue weighted by Crippen LogP contribution is -2.65. The molecule has 2 fully saturated rings. The monoisotopic (exact) mass is 988 g/mol. The zero-order chi connectivity index (χ0) is 51.0. The normalized spacial score (nSPS) is 26.8. The van der Waals surface area contributed by atoms with E-state index in [9.17, 15) is 45.6 Å². The van der Waals surface area contributed by atoms with Gasteiger partial charge in [0.1, 0.15) is 48.8 Å². The fraction of sp³-hybridized carbons (Fsp3) is 0.696. The van der Waals surface area contributed by atoms with E-state index < -0.39 is 86.8 Å². The van der Waals surface area contributed by atoms with E-state index in [2.05, 4.69) is 104 Å². The van der Waals surface area contributed by atoms with E-state index in [1.54, 1.807) is 6.08 Å². The van der Waals surface area contributed by atoms with Crippen molar-refractivity contribution in [2.45, 2.75) is 229 Å². The summed E-state index contributed by atoms with van der Waals surface area (Å²) in [4.78, 5) is 13.2. The Morgan fingerprint density at radius 3 is 1.57 bits per heavy atom. The summed E-state index contributed by atoms with van der Waals surface area (Å²) < 4.78 is 22.6. The number of hydrogen-bond donors (Lipinski definition) is 9. The van der Waals surface area contributed by atoms with Gasteiger partial charge in [-0.2, -0.15) is 0 Å². The molecule has 0 aliphatic carbocycles. The lowest BCUT2D eigenvalue weighted by atomic mass is 9.97. The summed E-state index contributed by atoms with van der Waals surface area (Å²) in [6.45, 7) is 2.59. The van der Waals surface area contributed by atoms with Gasteiger partial charge in [-0.1, -0.05) is 162 Å². The highest BCUT2D eigenvalue weighted by Gasteiger charge is 2.51. The minimum absolute atomic E-state index is 0.250. The van der Waals surface area contributed by atoms with Gasteiger partial charge in [0.05, 0.1) is 32.0 Å². The summed E-state index contributed by atoms with van der Waals surface area (Å²) in [6.07, 6.45) is 38.8. The van der Waals surface area contributed by atoms with Crippen molar-refractivity contribution < 1.29 is 64.6 Å². The lowest BCUT2D eigenvalue weighted by molar-refractivity contribution is -0.359. The van der Waals surface area contributed by atoms with Gasteiger partial charge in [0.15, 0.2) is 12.6 Å². The molecule has 2 saturated heterocycles. The molecule has 1 amide bonds. The number of hydrogen-bond acceptors (Lipinski definition) is 13. The quantitative estimate of drug-likeness (QED) is 0.0215. The van der Waals surface area contributed by atoms with Gasteiger partial charge in [0.2, 0.25) is 5.91 Å². The van der Waals surface area contributed by atoms with Crippen LogP contribution in [0.4, 0.5) is 0 Å². The lowest BCUT2D eigenvalue weighted by Gasteiger charge is -2.46. The second-order valence-corrected chi connectivity index (χ2v) is 18.3. The molecule has 0 aromatic rings. The number of carbonyl (C=O) groups is 1. The van der Waals surface area contributed by atoms with Crippen LogP contribution >= 0.6 is 0 Å². The predicted octanol–water partition coefficient (Wildman–Crippen LogP) is 7.54. The molecular formula is C56H93NO13. The summed E-state index contributed by atoms with van der Waals surface area (Å²) in [5.41, 5.74) is 0. The zero-order valence-corrected chi connectivity index (χ0v) is 42.5. The molecule has 14 heteroatoms. The van der Waals surface area contributed by atoms with E-state index in [0.717, 1.165) is 89.9 Å². The smallest absolute Gasteiger partial charge is 0.220 e. The van der Waals surface area contributed by atoms with Crippen molar-refractivity contribution in [2.24, 2.45) is 0 Å². The fourth-order valence-corrected chi connectivity index (χ4v) is 7.95. The number of aliphatic hydroxyl groups is 8. The van der Waals surface area contributed by atoms with E-state index in [1.807, 2.05) is 6.08 Å². The Bertz CT molecular complexity index is 1540. The molecule has 12 atom stereocenters. The van der Waals surface area contributed by atoms with Crippen LogP contribution in [0, 0.1) is 0 Å². The second-order valence-electron chi connectivity index (χ2n) is 18.3. The maximum Gasteiger partial charge on any atom is 0.220 e. The summed E-state index contributed by atoms with van der Waals surface area (Å²) in [5.74, 6) is -0.271. The number of aliphatic hydroxyl groups excluding tert-OH is 8. The molecule has 0 bridgehead atoms. The second kappa shape index (κ2) is 41.4. The minimum atomic E-state index is -1.80. The van der Waals surface area contributed by atoms with Crippen LogP contribution < -0.4 is 5.32 Å². The van der Waals surface area contributed by atoms with Gasteiger partial charge in [0, 0.05) is 6.42 Å². The van der Waals surface area contributed by atoms with Crippen LogP contribution in [-0.2, 0) is 23.7 Å². The molecule has 2 rings (SSSR count). The average molecular weight is 988 g/mol. The molecular weight excluding hydrogens is 895 g/mol. The van der Waals surface area contributed by atoms with E-state index >= 15 is 0 Å². The first-order valence-corrected chi connectivity index (χ1v) is 26.5. The summed E-state index contributed by atoms with van der Waals surface area (Å²) in [7, 11) is 0. The Hall–Kier alpha value is -3.09. The fourth-order valence-electron chi connectivity index (χ4n) is 7.95. The maximum atomic E-state index is 13.2. The molecule has 400 valence electrons. The van der Waals surface area contributed by atoms with Gasteiger partial charge in [0.25, 0.3) is 0 Å². The number of carbonyl (C=O) groups excluding carboxylic acids is 1. The molecule has 0 aromatic carbocycles. The van der Waals surface area contributed by atoms with Crippen LogP contribution in [0.1, 0.15) is 155 Å². The molecule has 0 aromatic heterocycles. The Balaban J connectivity index is 1.79. The molecule has 2 aliphatic heterocycles. The van der Waals surface area contributed by atoms with Crippen molar-refractivity contribution in [1.82, 2.24) is 5.32 Å². The zero-order valence-electron chi connectivity index (χ0n) is 42.5. The van der Waals surface area contributed by atoms with Crippen LogP contribution in [0.15, 0.2) is 97.2 Å². The minimum Gasteiger partial charge on any atom is -0.394 e. The van der Waals surface area contributed by atoms with Gasteiger partial charge in [-0.25, -0.2) is 0 Å². The summed E-state index contributed by atoms with van der Waals surface area (Å²) in [6, 6.07) is -0.944. The van der Waals surface area contributed by atoms with Crippen molar-refractivity contribution in [2.75, 3.05) is 19.8 Å². The number of nitrogens with one attached hydrogen (secondary N) is 1. The Morgan fingerprint density at radius 1 is 0.529 bits per heavy atom. The first-order valence-electron chi connectivity index (χ1n) is 26.5. The third kappa shape index (κ3) is 27.7. The molecule has 2 heterocycles. The van der Waals surface area contributed by atoms with E-state index in [0.29, 0.717) is 12.8 Å². The molecule has 0 radical (unpaired) electrons. The molecule has 70 heavy (non-hydrogen) atoms. The van der Waals surface area contributed by atoms with Gasteiger partial charge in [-0.05, 0) is 83.5 Å². The third-order valence-corrected chi connectivity index (χ3v) is 12.3. The van der Waals surface area contributed by atoms with Crippen LogP contribution in [-0.4, -0.2) is 140 Å². The molecule has 9 N–H and O–H groups in total. The van der Waals surface area contributed by atoms with Crippen LogP contribution in [0.5, 0.6) is 0 Å². The Morgan fingerprint density at radius 2 is 1.00 bits per heavy atom. The molecule has 2 aliphatic rings. The van der Waals surface area contributed by atoms with Gasteiger partial charge in [-0.15, -0.1) is 0 Å². The van der Waals surface area contributed by atoms with E-state index in [4.69, 9.17) is 18.9 Å². The number of rotatable bonds is 39. The highest BCUT2D eigenvalue weighted by molar-refractivity contribution is 5.76. The number of amides is 1. The summed E-state index contributed by atoms with van der Waals surface area (Å²) >= 11 is 0. The highest BCUT2D eigenvalue weighted by atomic mass is 16.7. The van der Waals surface area contributed by atoms with Crippen molar-refractivity contribution in [3.8, 4) is 0 Å². The van der Waals surface area contributed by atoms with Gasteiger partial charge >= 0.3 is 0 Å². The SMILES string of the molecule is CC/C=C\C/C=C\C/C=C\C/C=C\C/C=C\C/C=C\CCCCCCCCC(=O)NC(COC1OC(CO)C(OC2OC(CO)C(O)C(O)C2O)C(O)C1O)C(O)/C=C/CC/C=C/CCCCCCC. The number of allylic oxidation sites excluding steroid dienone is 15. The first-order chi connectivity index (χ1) is 34.1. The maximum absolute atomic E-state index is 13.2. The highest BCUT2D eigenvalue weighted by Crippen LogP contribution is 2.30. The van der Waals surface area contributed by atoms with Crippen LogP contribution in [0.2, 0.25) is 0 Å². The standard InChI is InChI=1S/C56H93NO13/c1-3-5-7-9-11-13-15-16-17-18-19-20-21-22-23-24-25-26-27-28-30-32-34-36-38-40-48(61)57-44(45(60)39-37-35-33-31-29-14-12-10-8-6-4-2)43-67-55-53(66)51(64)54(47(42-59)69-55)70-56-52(65)50(63)49(62)46(41-58)68-56/h5,7,11,13,16-17,19-20,22-23,25-26,29,31,37,39,44-47,49-56,58-60,62-66H,3-4,6,8-10,12,14-15,18,21,24,27-28,30,32-36,38,40-43H2,1-2H3,(H,57,61)/b7-5-,13-11-,17-16-,20-19-,23-22-,26-25-,31-29+,39-37+.